The Balaban J connectivity index is 0.00000156. The van der Waals surface area contributed by atoms with E-state index in [0.717, 1.165) is 62.9 Å². The number of hydrogen-bond acceptors (Lipinski definition) is 5. The summed E-state index contributed by atoms with van der Waals surface area (Å²) in [5.74, 6) is 2.46. The molecule has 8 nitrogen and oxygen atoms in total. The van der Waals surface area contributed by atoms with Crippen LogP contribution in [0.3, 0.4) is 0 Å². The summed E-state index contributed by atoms with van der Waals surface area (Å²) in [5.41, 5.74) is 0.790. The summed E-state index contributed by atoms with van der Waals surface area (Å²) < 4.78 is 6.18. The van der Waals surface area contributed by atoms with Gasteiger partial charge < -0.3 is 28.4 Å². The van der Waals surface area contributed by atoms with Gasteiger partial charge >= 0.3 is 5.95 Å². The van der Waals surface area contributed by atoms with Crippen molar-refractivity contribution >= 4 is 29.1 Å². The molecule has 0 spiro atoms. The summed E-state index contributed by atoms with van der Waals surface area (Å²) in [6.45, 7) is 5.81. The molecule has 0 saturated heterocycles. The Morgan fingerprint density at radius 2 is 2.24 bits per heavy atom. The molecule has 1 aliphatic heterocycles. The zero-order chi connectivity index (χ0) is 16.1. The predicted molar refractivity (Wildman–Crippen MR) is 94.8 cm³/mol. The first-order chi connectivity index (χ1) is 11.3. The standard InChI is InChI=1S/C15H22ClN7.BrH.H3N/c1-2-7-21-10-11-22(8-3-5-16)15(21)20-19-13-12-18-23-9-4-6-17-14(13)23;;/h10-12H,2-9H2,1H3;1H;1H3. The first kappa shape index (κ1) is 21.6. The minimum Gasteiger partial charge on any atom is -1.00 e. The van der Waals surface area contributed by atoms with E-state index in [2.05, 4.69) is 42.9 Å². The SMILES string of the molecule is CCC[n+]1ccn(CCCCl)c1N=Nc1cnn2c1NCCC2.N.[Br-]. The van der Waals surface area contributed by atoms with E-state index in [1.54, 1.807) is 6.20 Å². The maximum atomic E-state index is 5.82. The topological polar surface area (TPSA) is 98.4 Å². The van der Waals surface area contributed by atoms with E-state index < -0.39 is 0 Å². The van der Waals surface area contributed by atoms with Gasteiger partial charge in [0.25, 0.3) is 0 Å². The van der Waals surface area contributed by atoms with Gasteiger partial charge in [0.1, 0.15) is 0 Å². The number of anilines is 1. The molecular formula is C15H26BrClN8. The molecule has 140 valence electrons. The average molecular weight is 434 g/mol. The van der Waals surface area contributed by atoms with Gasteiger partial charge in [0.15, 0.2) is 11.5 Å². The minimum atomic E-state index is 0. The highest BCUT2D eigenvalue weighted by atomic mass is 79.9. The summed E-state index contributed by atoms with van der Waals surface area (Å²) in [4.78, 5) is 0. The van der Waals surface area contributed by atoms with Crippen molar-refractivity contribution in [1.29, 1.82) is 0 Å². The summed E-state index contributed by atoms with van der Waals surface area (Å²) >= 11 is 5.82. The van der Waals surface area contributed by atoms with Gasteiger partial charge in [-0.05, 0) is 19.3 Å². The number of imidazole rings is 1. The Bertz CT molecular complexity index is 681. The van der Waals surface area contributed by atoms with Crippen molar-refractivity contribution < 1.29 is 21.5 Å². The molecule has 0 amide bonds. The number of halogens is 2. The largest absolute Gasteiger partial charge is 1.00 e. The fourth-order valence-corrected chi connectivity index (χ4v) is 2.85. The Morgan fingerprint density at radius 3 is 3.00 bits per heavy atom. The fraction of sp³-hybridized carbons (Fsp3) is 0.600. The molecule has 25 heavy (non-hydrogen) atoms. The van der Waals surface area contributed by atoms with Crippen LogP contribution >= 0.6 is 11.6 Å². The highest BCUT2D eigenvalue weighted by Gasteiger charge is 2.19. The second kappa shape index (κ2) is 10.5. The van der Waals surface area contributed by atoms with Crippen LogP contribution in [-0.2, 0) is 19.6 Å². The molecule has 0 radical (unpaired) electrons. The van der Waals surface area contributed by atoms with Crippen LogP contribution in [0.15, 0.2) is 28.8 Å². The fourth-order valence-electron chi connectivity index (χ4n) is 2.73. The van der Waals surface area contributed by atoms with Crippen molar-refractivity contribution in [2.45, 2.75) is 45.8 Å². The number of nitrogens with zero attached hydrogens (tertiary/aromatic N) is 6. The van der Waals surface area contributed by atoms with Crippen LogP contribution in [0.25, 0.3) is 0 Å². The predicted octanol–water partition coefficient (Wildman–Crippen LogP) is 0.408. The van der Waals surface area contributed by atoms with Gasteiger partial charge in [0, 0.05) is 24.1 Å². The molecule has 4 N–H and O–H groups in total. The van der Waals surface area contributed by atoms with Crippen molar-refractivity contribution in [2.24, 2.45) is 10.2 Å². The van der Waals surface area contributed by atoms with Crippen LogP contribution in [0.1, 0.15) is 26.2 Å². The molecule has 3 heterocycles. The van der Waals surface area contributed by atoms with Gasteiger partial charge in [-0.15, -0.1) is 11.6 Å². The number of fused-ring (bicyclic) bond motifs is 1. The van der Waals surface area contributed by atoms with Crippen LogP contribution in [0.2, 0.25) is 0 Å². The quantitative estimate of drug-likeness (QED) is 0.376. The number of alkyl halides is 1. The van der Waals surface area contributed by atoms with E-state index >= 15 is 0 Å². The molecule has 0 bridgehead atoms. The summed E-state index contributed by atoms with van der Waals surface area (Å²) in [7, 11) is 0. The van der Waals surface area contributed by atoms with Crippen molar-refractivity contribution in [3.8, 4) is 0 Å². The van der Waals surface area contributed by atoms with Crippen molar-refractivity contribution in [2.75, 3.05) is 17.7 Å². The number of aryl methyl sites for hydroxylation is 3. The van der Waals surface area contributed by atoms with E-state index in [1.807, 2.05) is 10.9 Å². The number of azo groups is 1. The maximum absolute atomic E-state index is 5.82. The third-order valence-corrected chi connectivity index (χ3v) is 4.11. The zero-order valence-corrected chi connectivity index (χ0v) is 16.9. The Kier molecular flexibility index (Phi) is 9.09. The summed E-state index contributed by atoms with van der Waals surface area (Å²) in [5, 5.41) is 16.6. The molecular weight excluding hydrogens is 408 g/mol. The third kappa shape index (κ3) is 5.02. The maximum Gasteiger partial charge on any atom is 0.421 e. The Hall–Kier alpha value is -1.45. The Morgan fingerprint density at radius 1 is 1.40 bits per heavy atom. The van der Waals surface area contributed by atoms with E-state index in [-0.39, 0.29) is 23.1 Å². The number of hydrogen-bond donors (Lipinski definition) is 2. The van der Waals surface area contributed by atoms with Crippen LogP contribution in [0, 0.1) is 0 Å². The molecule has 2 aromatic rings. The van der Waals surface area contributed by atoms with Crippen LogP contribution in [0.4, 0.5) is 17.5 Å². The Labute approximate surface area is 163 Å². The van der Waals surface area contributed by atoms with Gasteiger partial charge in [-0.1, -0.05) is 12.0 Å². The lowest BCUT2D eigenvalue weighted by Gasteiger charge is -2.15. The van der Waals surface area contributed by atoms with Crippen LogP contribution < -0.4 is 33.0 Å². The van der Waals surface area contributed by atoms with Crippen LogP contribution in [0.5, 0.6) is 0 Å². The molecule has 0 unspecified atom stereocenters. The summed E-state index contributed by atoms with van der Waals surface area (Å²) in [6, 6.07) is 0. The van der Waals surface area contributed by atoms with Gasteiger partial charge in [0.05, 0.1) is 31.7 Å². The van der Waals surface area contributed by atoms with Gasteiger partial charge in [-0.25, -0.2) is 13.8 Å². The highest BCUT2D eigenvalue weighted by Crippen LogP contribution is 2.28. The lowest BCUT2D eigenvalue weighted by atomic mass is 10.3. The highest BCUT2D eigenvalue weighted by molar-refractivity contribution is 6.17. The first-order valence-corrected chi connectivity index (χ1v) is 8.73. The second-order valence-electron chi connectivity index (χ2n) is 5.61. The number of aromatic nitrogens is 4. The van der Waals surface area contributed by atoms with Crippen molar-refractivity contribution in [1.82, 2.24) is 20.5 Å². The normalized spacial score (nSPS) is 13.0. The molecule has 0 saturated carbocycles. The number of rotatable bonds is 7. The zero-order valence-electron chi connectivity index (χ0n) is 14.5. The lowest BCUT2D eigenvalue weighted by Crippen LogP contribution is -3.00. The van der Waals surface area contributed by atoms with Gasteiger partial charge in [0.2, 0.25) is 0 Å². The van der Waals surface area contributed by atoms with Crippen molar-refractivity contribution in [3.05, 3.63) is 18.6 Å². The van der Waals surface area contributed by atoms with Crippen LogP contribution in [-0.4, -0.2) is 26.8 Å². The monoisotopic (exact) mass is 432 g/mol. The van der Waals surface area contributed by atoms with Crippen molar-refractivity contribution in [3.63, 3.8) is 0 Å². The van der Waals surface area contributed by atoms with E-state index in [4.69, 9.17) is 11.6 Å². The lowest BCUT2D eigenvalue weighted by molar-refractivity contribution is -0.683. The molecule has 0 aromatic carbocycles. The molecule has 1 aliphatic rings. The molecule has 10 heteroatoms. The average Bonchev–Trinajstić information content (AvgIpc) is 3.15. The minimum absolute atomic E-state index is 0. The molecule has 0 fully saturated rings. The third-order valence-electron chi connectivity index (χ3n) is 3.84. The molecule has 0 aliphatic carbocycles. The van der Waals surface area contributed by atoms with E-state index in [0.29, 0.717) is 5.88 Å². The van der Waals surface area contributed by atoms with E-state index in [9.17, 15) is 0 Å². The smallest absolute Gasteiger partial charge is 0.421 e. The second-order valence-corrected chi connectivity index (χ2v) is 5.99. The van der Waals surface area contributed by atoms with E-state index in [1.165, 1.54) is 0 Å². The van der Waals surface area contributed by atoms with Gasteiger partial charge in [-0.2, -0.15) is 5.10 Å². The van der Waals surface area contributed by atoms with Gasteiger partial charge in [-0.3, -0.25) is 0 Å². The molecule has 3 rings (SSSR count). The number of nitrogens with one attached hydrogen (secondary N) is 1. The first-order valence-electron chi connectivity index (χ1n) is 8.19. The molecule has 2 aromatic heterocycles. The molecule has 0 atom stereocenters. The summed E-state index contributed by atoms with van der Waals surface area (Å²) in [6.07, 6.45) is 8.92.